The van der Waals surface area contributed by atoms with Gasteiger partial charge in [0.1, 0.15) is 17.4 Å². The number of hydrazine groups is 1. The minimum Gasteiger partial charge on any atom is -0.494 e. The molecule has 0 aromatic heterocycles. The molecule has 1 amide bonds. The van der Waals surface area contributed by atoms with Crippen molar-refractivity contribution in [2.24, 2.45) is 11.8 Å². The molecule has 1 saturated carbocycles. The number of amidine groups is 1. The molecule has 252 valence electrons. The maximum Gasteiger partial charge on any atom is 0.247 e. The summed E-state index contributed by atoms with van der Waals surface area (Å²) in [7, 11) is 1.61. The number of rotatable bonds is 12. The van der Waals surface area contributed by atoms with Crippen molar-refractivity contribution >= 4 is 28.8 Å². The highest BCUT2D eigenvalue weighted by Crippen LogP contribution is 2.39. The summed E-state index contributed by atoms with van der Waals surface area (Å²) in [5, 5.41) is 16.6. The monoisotopic (exact) mass is 643 g/mol. The van der Waals surface area contributed by atoms with Gasteiger partial charge in [0.15, 0.2) is 0 Å². The van der Waals surface area contributed by atoms with E-state index in [0.29, 0.717) is 35.6 Å². The zero-order chi connectivity index (χ0) is 32.8. The van der Waals surface area contributed by atoms with Gasteiger partial charge in [-0.05, 0) is 49.3 Å². The van der Waals surface area contributed by atoms with Crippen molar-refractivity contribution in [2.75, 3.05) is 75.1 Å². The molecule has 2 aromatic carbocycles. The summed E-state index contributed by atoms with van der Waals surface area (Å²) in [6.07, 6.45) is 8.57. The fraction of sp³-hybridized carbons (Fsp3) is 0.486. The van der Waals surface area contributed by atoms with Gasteiger partial charge in [0.25, 0.3) is 0 Å². The molecule has 3 heterocycles. The van der Waals surface area contributed by atoms with Crippen LogP contribution in [0.1, 0.15) is 43.7 Å². The van der Waals surface area contributed by atoms with E-state index >= 15 is 0 Å². The minimum atomic E-state index is -0.302. The number of carbonyl (C=O) groups is 1. The van der Waals surface area contributed by atoms with Crippen molar-refractivity contribution < 1.29 is 14.4 Å². The largest absolute Gasteiger partial charge is 0.494 e. The first-order valence-electron chi connectivity index (χ1n) is 16.8. The number of hydroxylamine groups is 2. The summed E-state index contributed by atoms with van der Waals surface area (Å²) >= 11 is 0. The molecule has 6 rings (SSSR count). The van der Waals surface area contributed by atoms with Crippen molar-refractivity contribution in [3.05, 3.63) is 72.6 Å². The minimum absolute atomic E-state index is 0.0399. The lowest BCUT2D eigenvalue weighted by Crippen LogP contribution is -2.53. The van der Waals surface area contributed by atoms with Gasteiger partial charge in [-0.25, -0.2) is 10.9 Å². The molecule has 1 atom stereocenters. The molecule has 4 aliphatic rings. The molecule has 47 heavy (non-hydrogen) atoms. The van der Waals surface area contributed by atoms with Gasteiger partial charge < -0.3 is 30.6 Å². The zero-order valence-electron chi connectivity index (χ0n) is 27.4. The van der Waals surface area contributed by atoms with Crippen LogP contribution in [0.3, 0.4) is 0 Å². The van der Waals surface area contributed by atoms with E-state index in [0.717, 1.165) is 62.6 Å². The number of ether oxygens (including phenoxy) is 1. The summed E-state index contributed by atoms with van der Waals surface area (Å²) in [5.41, 5.74) is 5.85. The Hall–Kier alpha value is -4.10. The summed E-state index contributed by atoms with van der Waals surface area (Å²) < 4.78 is 5.80. The van der Waals surface area contributed by atoms with Crippen LogP contribution < -0.4 is 31.5 Å². The van der Waals surface area contributed by atoms with Crippen molar-refractivity contribution in [3.63, 3.8) is 0 Å². The molecule has 12 nitrogen and oxygen atoms in total. The molecule has 0 unspecified atom stereocenters. The standard InChI is InChI=1S/C35H49N9O3/c1-3-35(45)39-28-21-29(38-33(36)23-34(40-37)44-30(13-20-47-44)26-7-5-4-6-8-26)32(46-2)22-31(28)43-14-11-27(12-15-43)42-18-16-41(17-19-42)24-25-9-10-25/h3-8,21-23,25,27,30,40H,1,9-20,24,37H2,2H3,(H2,36,38)(H,39,45)/b34-23+/t30-/m1/s1. The van der Waals surface area contributed by atoms with Gasteiger partial charge in [0.2, 0.25) is 5.91 Å². The molecule has 2 aromatic rings. The van der Waals surface area contributed by atoms with Crippen LogP contribution in [0.4, 0.5) is 17.1 Å². The molecule has 0 spiro atoms. The third-order valence-electron chi connectivity index (χ3n) is 9.73. The second-order valence-electron chi connectivity index (χ2n) is 12.8. The van der Waals surface area contributed by atoms with Crippen molar-refractivity contribution in [2.45, 2.75) is 44.2 Å². The van der Waals surface area contributed by atoms with Crippen molar-refractivity contribution in [3.8, 4) is 5.75 Å². The molecule has 12 heteroatoms. The third-order valence-corrected chi connectivity index (χ3v) is 9.73. The smallest absolute Gasteiger partial charge is 0.247 e. The van der Waals surface area contributed by atoms with E-state index in [4.69, 9.17) is 20.8 Å². The number of piperazine rings is 1. The van der Waals surface area contributed by atoms with Gasteiger partial charge in [-0.2, -0.15) is 0 Å². The molecular weight excluding hydrogens is 594 g/mol. The molecule has 1 aliphatic carbocycles. The average molecular weight is 644 g/mol. The maximum atomic E-state index is 12.5. The lowest BCUT2D eigenvalue weighted by atomic mass is 10.0. The Morgan fingerprint density at radius 2 is 1.77 bits per heavy atom. The molecule has 0 radical (unpaired) electrons. The van der Waals surface area contributed by atoms with Gasteiger partial charge in [0.05, 0.1) is 36.8 Å². The Balaban J connectivity index is 1.14. The number of hydrogen-bond donors (Lipinski definition) is 5. The average Bonchev–Trinajstić information content (AvgIpc) is 3.79. The highest BCUT2D eigenvalue weighted by molar-refractivity contribution is 6.05. The zero-order valence-corrected chi connectivity index (χ0v) is 27.4. The molecule has 6 N–H and O–H groups in total. The van der Waals surface area contributed by atoms with Crippen molar-refractivity contribution in [1.82, 2.24) is 20.3 Å². The quantitative estimate of drug-likeness (QED) is 0.0763. The lowest BCUT2D eigenvalue weighted by Gasteiger charge is -2.43. The van der Waals surface area contributed by atoms with Crippen LogP contribution in [0.2, 0.25) is 0 Å². The first-order valence-corrected chi connectivity index (χ1v) is 16.8. The lowest BCUT2D eigenvalue weighted by molar-refractivity contribution is -0.111. The van der Waals surface area contributed by atoms with Crippen LogP contribution >= 0.6 is 0 Å². The van der Waals surface area contributed by atoms with E-state index < -0.39 is 0 Å². The van der Waals surface area contributed by atoms with Gasteiger partial charge in [-0.3, -0.25) is 19.9 Å². The number of nitrogens with one attached hydrogen (secondary N) is 4. The number of benzene rings is 2. The Kier molecular flexibility index (Phi) is 10.6. The molecule has 0 bridgehead atoms. The third kappa shape index (κ3) is 8.07. The van der Waals surface area contributed by atoms with E-state index in [1.807, 2.05) is 30.3 Å². The molecular formula is C35H49N9O3. The SMILES string of the molecule is C=CC(=O)Nc1cc(NC(=N)/C=C(\NN)N2OCC[C@@H]2c2ccccc2)c(OC)cc1N1CCC(N2CCN(CC3CC3)CC2)CC1. The number of amides is 1. The number of hydrogen-bond acceptors (Lipinski definition) is 10. The number of methoxy groups -OCH3 is 1. The first-order chi connectivity index (χ1) is 22.9. The van der Waals surface area contributed by atoms with Gasteiger partial charge in [-0.15, -0.1) is 0 Å². The fourth-order valence-corrected chi connectivity index (χ4v) is 7.00. The van der Waals surface area contributed by atoms with Gasteiger partial charge >= 0.3 is 0 Å². The maximum absolute atomic E-state index is 12.5. The highest BCUT2D eigenvalue weighted by atomic mass is 16.7. The molecule has 3 aliphatic heterocycles. The number of anilines is 3. The van der Waals surface area contributed by atoms with Crippen molar-refractivity contribution in [1.29, 1.82) is 5.41 Å². The number of nitrogens with zero attached hydrogens (tertiary/aromatic N) is 4. The predicted octanol–water partition coefficient (Wildman–Crippen LogP) is 3.89. The second kappa shape index (κ2) is 15.2. The van der Waals surface area contributed by atoms with Gasteiger partial charge in [0, 0.05) is 70.4 Å². The highest BCUT2D eigenvalue weighted by Gasteiger charge is 2.32. The van der Waals surface area contributed by atoms with Crippen LogP contribution in [0, 0.1) is 11.3 Å². The Morgan fingerprint density at radius 1 is 1.02 bits per heavy atom. The fourth-order valence-electron chi connectivity index (χ4n) is 7.00. The van der Waals surface area contributed by atoms with E-state index in [9.17, 15) is 4.79 Å². The molecule has 4 fully saturated rings. The summed E-state index contributed by atoms with van der Waals surface area (Å²) in [6, 6.07) is 14.4. The Morgan fingerprint density at radius 3 is 2.43 bits per heavy atom. The van der Waals surface area contributed by atoms with Crippen LogP contribution in [0.25, 0.3) is 0 Å². The first kappa shape index (κ1) is 32.8. The van der Waals surface area contributed by atoms with Crippen LogP contribution in [-0.4, -0.2) is 92.2 Å². The number of piperidine rings is 1. The van der Waals surface area contributed by atoms with Crippen LogP contribution in [0.5, 0.6) is 5.75 Å². The second-order valence-corrected chi connectivity index (χ2v) is 12.8. The summed E-state index contributed by atoms with van der Waals surface area (Å²) in [6.45, 7) is 11.8. The topological polar surface area (TPSA) is 134 Å². The van der Waals surface area contributed by atoms with Crippen LogP contribution in [-0.2, 0) is 9.63 Å². The normalized spacial score (nSPS) is 21.4. The summed E-state index contributed by atoms with van der Waals surface area (Å²) in [4.78, 5) is 26.1. The number of carbonyl (C=O) groups excluding carboxylic acids is 1. The van der Waals surface area contributed by atoms with E-state index in [-0.39, 0.29) is 17.8 Å². The van der Waals surface area contributed by atoms with Gasteiger partial charge in [-0.1, -0.05) is 36.9 Å². The van der Waals surface area contributed by atoms with E-state index in [1.165, 1.54) is 38.6 Å². The Labute approximate surface area is 278 Å². The Bertz CT molecular complexity index is 1430. The van der Waals surface area contributed by atoms with E-state index in [2.05, 4.69) is 49.5 Å². The molecule has 3 saturated heterocycles. The number of nitrogens with two attached hydrogens (primary N) is 1. The van der Waals surface area contributed by atoms with E-state index in [1.54, 1.807) is 18.2 Å². The summed E-state index contributed by atoms with van der Waals surface area (Å²) in [5.74, 6) is 7.62. The van der Waals surface area contributed by atoms with Crippen LogP contribution in [0.15, 0.2) is 67.0 Å². The predicted molar refractivity (Wildman–Crippen MR) is 186 cm³/mol.